The van der Waals surface area contributed by atoms with E-state index in [4.69, 9.17) is 5.11 Å². The summed E-state index contributed by atoms with van der Waals surface area (Å²) in [5.41, 5.74) is 0. The van der Waals surface area contributed by atoms with Gasteiger partial charge in [-0.3, -0.25) is 0 Å². The van der Waals surface area contributed by atoms with E-state index in [0.717, 1.165) is 57.8 Å². The minimum atomic E-state index is 0.333. The van der Waals surface area contributed by atoms with Gasteiger partial charge in [-0.1, -0.05) is 92.7 Å². The first kappa shape index (κ1) is 24.4. The monoisotopic (exact) mass is 356 g/mol. The van der Waals surface area contributed by atoms with E-state index in [1.54, 1.807) is 0 Å². The Kier molecular flexibility index (Phi) is 22.0. The Labute approximate surface area is 162 Å². The molecule has 0 bridgehead atoms. The second-order valence-electron chi connectivity index (χ2n) is 6.34. The van der Waals surface area contributed by atoms with Crippen LogP contribution in [0.15, 0.2) is 72.9 Å². The number of hydrogen-bond acceptors (Lipinski definition) is 1. The zero-order valence-electron chi connectivity index (χ0n) is 16.9. The fourth-order valence-corrected chi connectivity index (χ4v) is 2.37. The fraction of sp³-hybridized carbons (Fsp3) is 0.520. The van der Waals surface area contributed by atoms with Crippen LogP contribution in [0.3, 0.4) is 0 Å². The predicted octanol–water partition coefficient (Wildman–Crippen LogP) is 7.63. The molecule has 0 saturated carbocycles. The molecule has 0 amide bonds. The molecule has 26 heavy (non-hydrogen) atoms. The van der Waals surface area contributed by atoms with Crippen molar-refractivity contribution in [1.82, 2.24) is 0 Å². The summed E-state index contributed by atoms with van der Waals surface area (Å²) in [6.07, 6.45) is 38.8. The Hall–Kier alpha value is -1.60. The maximum Gasteiger partial charge on any atom is 0.0431 e. The summed E-state index contributed by atoms with van der Waals surface area (Å²) >= 11 is 0. The van der Waals surface area contributed by atoms with E-state index in [-0.39, 0.29) is 0 Å². The van der Waals surface area contributed by atoms with Gasteiger partial charge in [0.05, 0.1) is 0 Å². The Morgan fingerprint density at radius 2 is 0.846 bits per heavy atom. The highest BCUT2D eigenvalue weighted by molar-refractivity contribution is 5.01. The molecule has 0 aliphatic heterocycles. The van der Waals surface area contributed by atoms with Crippen LogP contribution < -0.4 is 0 Å². The molecule has 146 valence electrons. The van der Waals surface area contributed by atoms with Gasteiger partial charge in [0.2, 0.25) is 0 Å². The zero-order chi connectivity index (χ0) is 19.0. The molecule has 0 aromatic heterocycles. The second kappa shape index (κ2) is 23.4. The molecule has 0 spiro atoms. The van der Waals surface area contributed by atoms with Crippen molar-refractivity contribution in [2.24, 2.45) is 0 Å². The predicted molar refractivity (Wildman–Crippen MR) is 118 cm³/mol. The van der Waals surface area contributed by atoms with Gasteiger partial charge in [0.1, 0.15) is 0 Å². The largest absolute Gasteiger partial charge is 0.396 e. The highest BCUT2D eigenvalue weighted by Crippen LogP contribution is 2.03. The summed E-state index contributed by atoms with van der Waals surface area (Å²) in [6, 6.07) is 0. The fourth-order valence-electron chi connectivity index (χ4n) is 2.37. The molecule has 0 saturated heterocycles. The first-order valence-electron chi connectivity index (χ1n) is 10.4. The number of rotatable bonds is 17. The van der Waals surface area contributed by atoms with Crippen molar-refractivity contribution in [3.8, 4) is 0 Å². The number of aliphatic hydroxyl groups is 1. The lowest BCUT2D eigenvalue weighted by molar-refractivity contribution is 0.282. The Morgan fingerprint density at radius 1 is 0.462 bits per heavy atom. The summed E-state index contributed by atoms with van der Waals surface area (Å²) in [5.74, 6) is 0. The van der Waals surface area contributed by atoms with Crippen molar-refractivity contribution in [3.05, 3.63) is 72.9 Å². The molecule has 0 aliphatic rings. The van der Waals surface area contributed by atoms with Crippen molar-refractivity contribution in [3.63, 3.8) is 0 Å². The number of aliphatic hydroxyl groups excluding tert-OH is 1. The quantitative estimate of drug-likeness (QED) is 0.210. The van der Waals surface area contributed by atoms with Gasteiger partial charge in [-0.25, -0.2) is 0 Å². The maximum absolute atomic E-state index is 8.70. The molecule has 0 rings (SSSR count). The van der Waals surface area contributed by atoms with Crippen LogP contribution in [0.5, 0.6) is 0 Å². The lowest BCUT2D eigenvalue weighted by atomic mass is 10.1. The van der Waals surface area contributed by atoms with Gasteiger partial charge in [-0.05, 0) is 57.8 Å². The molecule has 1 N–H and O–H groups in total. The summed E-state index contributed by atoms with van der Waals surface area (Å²) in [6.45, 7) is 2.49. The van der Waals surface area contributed by atoms with Gasteiger partial charge in [0.15, 0.2) is 0 Å². The summed E-state index contributed by atoms with van der Waals surface area (Å²) < 4.78 is 0. The Bertz CT molecular complexity index is 435. The molecule has 1 nitrogen and oxygen atoms in total. The van der Waals surface area contributed by atoms with Crippen molar-refractivity contribution < 1.29 is 5.11 Å². The minimum absolute atomic E-state index is 0.333. The first-order chi connectivity index (χ1) is 12.9. The molecular formula is C25H40O. The molecule has 0 atom stereocenters. The van der Waals surface area contributed by atoms with Crippen LogP contribution in [-0.4, -0.2) is 11.7 Å². The van der Waals surface area contributed by atoms with E-state index in [2.05, 4.69) is 79.8 Å². The molecule has 0 radical (unpaired) electrons. The lowest BCUT2D eigenvalue weighted by Crippen LogP contribution is -1.82. The third-order valence-electron chi connectivity index (χ3n) is 3.88. The highest BCUT2D eigenvalue weighted by Gasteiger charge is 1.86. The first-order valence-corrected chi connectivity index (χ1v) is 10.4. The number of hydrogen-bond donors (Lipinski definition) is 1. The molecular weight excluding hydrogens is 316 g/mol. The van der Waals surface area contributed by atoms with E-state index in [9.17, 15) is 0 Å². The standard InChI is InChI=1S/C25H40O/c1-2-3-4-5-6-7-8-9-10-11-12-13-14-15-16-17-18-19-20-21-22-23-24-25-26/h3-4,6-7,9-10,12-13,15-16,18-19,26H,2,5,8,11,14,17,20-25H2,1H3/b4-3-,7-6-,10-9-,13-12-,16-15-,19-18-. The van der Waals surface area contributed by atoms with Crippen molar-refractivity contribution >= 4 is 0 Å². The third-order valence-corrected chi connectivity index (χ3v) is 3.88. The van der Waals surface area contributed by atoms with E-state index in [0.29, 0.717) is 6.61 Å². The molecule has 0 heterocycles. The van der Waals surface area contributed by atoms with Crippen LogP contribution in [0.2, 0.25) is 0 Å². The van der Waals surface area contributed by atoms with E-state index >= 15 is 0 Å². The average Bonchev–Trinajstić information content (AvgIpc) is 2.66. The normalized spacial score (nSPS) is 13.2. The number of allylic oxidation sites excluding steroid dienone is 12. The van der Waals surface area contributed by atoms with Crippen LogP contribution >= 0.6 is 0 Å². The molecule has 0 aliphatic carbocycles. The van der Waals surface area contributed by atoms with Crippen LogP contribution in [-0.2, 0) is 0 Å². The van der Waals surface area contributed by atoms with Crippen LogP contribution in [0.4, 0.5) is 0 Å². The zero-order valence-corrected chi connectivity index (χ0v) is 16.9. The molecule has 0 aromatic carbocycles. The van der Waals surface area contributed by atoms with Crippen LogP contribution in [0.1, 0.15) is 77.6 Å². The second-order valence-corrected chi connectivity index (χ2v) is 6.34. The third kappa shape index (κ3) is 22.4. The van der Waals surface area contributed by atoms with Crippen LogP contribution in [0.25, 0.3) is 0 Å². The Balaban J connectivity index is 3.44. The minimum Gasteiger partial charge on any atom is -0.396 e. The van der Waals surface area contributed by atoms with E-state index < -0.39 is 0 Å². The maximum atomic E-state index is 8.70. The van der Waals surface area contributed by atoms with E-state index in [1.807, 2.05) is 0 Å². The van der Waals surface area contributed by atoms with Gasteiger partial charge in [-0.2, -0.15) is 0 Å². The smallest absolute Gasteiger partial charge is 0.0431 e. The molecule has 1 heteroatoms. The molecule has 0 aromatic rings. The van der Waals surface area contributed by atoms with Gasteiger partial charge < -0.3 is 5.11 Å². The topological polar surface area (TPSA) is 20.2 Å². The average molecular weight is 357 g/mol. The van der Waals surface area contributed by atoms with Crippen LogP contribution in [0, 0.1) is 0 Å². The highest BCUT2D eigenvalue weighted by atomic mass is 16.2. The molecule has 0 fully saturated rings. The number of unbranched alkanes of at least 4 members (excludes halogenated alkanes) is 4. The summed E-state index contributed by atoms with van der Waals surface area (Å²) in [7, 11) is 0. The van der Waals surface area contributed by atoms with Gasteiger partial charge in [0, 0.05) is 6.61 Å². The SMILES string of the molecule is CC/C=C\C/C=C\C/C=C\C/C=C\C/C=C\C/C=C\CCCCCCO. The summed E-state index contributed by atoms with van der Waals surface area (Å²) in [4.78, 5) is 0. The molecule has 0 unspecified atom stereocenters. The van der Waals surface area contributed by atoms with E-state index in [1.165, 1.54) is 12.8 Å². The van der Waals surface area contributed by atoms with Gasteiger partial charge >= 0.3 is 0 Å². The van der Waals surface area contributed by atoms with Crippen molar-refractivity contribution in [1.29, 1.82) is 0 Å². The Morgan fingerprint density at radius 3 is 1.27 bits per heavy atom. The summed E-state index contributed by atoms with van der Waals surface area (Å²) in [5, 5.41) is 8.70. The van der Waals surface area contributed by atoms with Gasteiger partial charge in [-0.15, -0.1) is 0 Å². The van der Waals surface area contributed by atoms with Gasteiger partial charge in [0.25, 0.3) is 0 Å². The lowest BCUT2D eigenvalue weighted by Gasteiger charge is -1.95. The van der Waals surface area contributed by atoms with Crippen molar-refractivity contribution in [2.75, 3.05) is 6.61 Å². The van der Waals surface area contributed by atoms with Crippen molar-refractivity contribution in [2.45, 2.75) is 77.6 Å².